The summed E-state index contributed by atoms with van der Waals surface area (Å²) in [6.45, 7) is 12.6. The van der Waals surface area contributed by atoms with Crippen LogP contribution in [0.2, 0.25) is 0 Å². The number of piperidine rings is 1. The number of ether oxygens (including phenoxy) is 1. The molecule has 5 heteroatoms. The molecule has 2 rings (SSSR count). The second-order valence-electron chi connectivity index (χ2n) is 5.81. The standard InChI is InChI=1S/C16H29N3OS/c1-5-10-20-14-8-7-9-19(11-14)16-18-13(4)15(21-16)12(3)17-6-2/h12,14,17H,5-11H2,1-4H3. The van der Waals surface area contributed by atoms with Crippen molar-refractivity contribution in [3.05, 3.63) is 10.6 Å². The SMILES string of the molecule is CCCOC1CCCN(c2nc(C)c(C(C)NCC)s2)C1. The van der Waals surface area contributed by atoms with Crippen LogP contribution in [-0.4, -0.2) is 37.3 Å². The molecule has 1 aromatic heterocycles. The monoisotopic (exact) mass is 311 g/mol. The minimum absolute atomic E-state index is 0.373. The fourth-order valence-corrected chi connectivity index (χ4v) is 3.99. The van der Waals surface area contributed by atoms with Crippen molar-refractivity contribution in [2.45, 2.75) is 59.1 Å². The average molecular weight is 311 g/mol. The zero-order valence-corrected chi connectivity index (χ0v) is 14.6. The molecule has 0 amide bonds. The highest BCUT2D eigenvalue weighted by molar-refractivity contribution is 7.15. The molecule has 1 aliphatic rings. The van der Waals surface area contributed by atoms with Crippen LogP contribution in [0.3, 0.4) is 0 Å². The molecule has 1 aliphatic heterocycles. The lowest BCUT2D eigenvalue weighted by atomic mass is 10.1. The van der Waals surface area contributed by atoms with Gasteiger partial charge in [0.2, 0.25) is 0 Å². The quantitative estimate of drug-likeness (QED) is 0.836. The Labute approximate surface area is 132 Å². The van der Waals surface area contributed by atoms with E-state index in [0.29, 0.717) is 12.1 Å². The summed E-state index contributed by atoms with van der Waals surface area (Å²) in [5.41, 5.74) is 1.17. The molecule has 1 aromatic rings. The topological polar surface area (TPSA) is 37.4 Å². The Balaban J connectivity index is 2.02. The maximum atomic E-state index is 5.93. The zero-order chi connectivity index (χ0) is 15.2. The van der Waals surface area contributed by atoms with Crippen molar-refractivity contribution in [3.63, 3.8) is 0 Å². The Hall–Kier alpha value is -0.650. The molecule has 0 saturated carbocycles. The first-order valence-electron chi connectivity index (χ1n) is 8.22. The summed E-state index contributed by atoms with van der Waals surface area (Å²) in [5, 5.41) is 4.65. The maximum absolute atomic E-state index is 5.93. The van der Waals surface area contributed by atoms with E-state index in [2.05, 4.69) is 37.9 Å². The third-order valence-electron chi connectivity index (χ3n) is 3.93. The highest BCUT2D eigenvalue weighted by atomic mass is 32.1. The lowest BCUT2D eigenvalue weighted by Gasteiger charge is -2.32. The number of nitrogens with one attached hydrogen (secondary N) is 1. The van der Waals surface area contributed by atoms with Gasteiger partial charge in [0.25, 0.3) is 0 Å². The van der Waals surface area contributed by atoms with Gasteiger partial charge in [-0.05, 0) is 39.7 Å². The number of rotatable bonds is 7. The second-order valence-corrected chi connectivity index (χ2v) is 6.82. The molecule has 1 N–H and O–H groups in total. The van der Waals surface area contributed by atoms with Crippen LogP contribution in [0.5, 0.6) is 0 Å². The number of hydrogen-bond donors (Lipinski definition) is 1. The van der Waals surface area contributed by atoms with Gasteiger partial charge in [-0.15, -0.1) is 11.3 Å². The van der Waals surface area contributed by atoms with Crippen molar-refractivity contribution in [2.75, 3.05) is 31.1 Å². The van der Waals surface area contributed by atoms with Gasteiger partial charge in [0, 0.05) is 30.6 Å². The molecular weight excluding hydrogens is 282 g/mol. The fourth-order valence-electron chi connectivity index (χ4n) is 2.86. The summed E-state index contributed by atoms with van der Waals surface area (Å²) in [6, 6.07) is 0.387. The van der Waals surface area contributed by atoms with Gasteiger partial charge in [-0.3, -0.25) is 0 Å². The van der Waals surface area contributed by atoms with Gasteiger partial charge in [-0.1, -0.05) is 13.8 Å². The number of nitrogens with zero attached hydrogens (tertiary/aromatic N) is 2. The number of hydrogen-bond acceptors (Lipinski definition) is 5. The molecular formula is C16H29N3OS. The largest absolute Gasteiger partial charge is 0.376 e. The van der Waals surface area contributed by atoms with Gasteiger partial charge in [-0.2, -0.15) is 0 Å². The maximum Gasteiger partial charge on any atom is 0.185 e. The molecule has 21 heavy (non-hydrogen) atoms. The molecule has 1 saturated heterocycles. The fraction of sp³-hybridized carbons (Fsp3) is 0.812. The molecule has 2 atom stereocenters. The first-order chi connectivity index (χ1) is 10.2. The van der Waals surface area contributed by atoms with Gasteiger partial charge < -0.3 is 15.0 Å². The van der Waals surface area contributed by atoms with Crippen LogP contribution >= 0.6 is 11.3 Å². The van der Waals surface area contributed by atoms with E-state index in [0.717, 1.165) is 37.8 Å². The molecule has 0 aliphatic carbocycles. The van der Waals surface area contributed by atoms with Crippen LogP contribution < -0.4 is 10.2 Å². The van der Waals surface area contributed by atoms with Crippen LogP contribution in [0.4, 0.5) is 5.13 Å². The van der Waals surface area contributed by atoms with Crippen molar-refractivity contribution in [2.24, 2.45) is 0 Å². The van der Waals surface area contributed by atoms with Crippen molar-refractivity contribution in [1.82, 2.24) is 10.3 Å². The smallest absolute Gasteiger partial charge is 0.185 e. The van der Waals surface area contributed by atoms with Gasteiger partial charge >= 0.3 is 0 Å². The lowest BCUT2D eigenvalue weighted by Crippen LogP contribution is -2.39. The zero-order valence-electron chi connectivity index (χ0n) is 13.8. The highest BCUT2D eigenvalue weighted by Crippen LogP contribution is 2.32. The summed E-state index contributed by atoms with van der Waals surface area (Å²) >= 11 is 1.84. The molecule has 0 spiro atoms. The predicted octanol–water partition coefficient (Wildman–Crippen LogP) is 3.52. The summed E-state index contributed by atoms with van der Waals surface area (Å²) < 4.78 is 5.93. The summed E-state index contributed by atoms with van der Waals surface area (Å²) in [6.07, 6.45) is 3.85. The third-order valence-corrected chi connectivity index (χ3v) is 5.33. The molecule has 4 nitrogen and oxygen atoms in total. The molecule has 0 radical (unpaired) electrons. The van der Waals surface area contributed by atoms with Crippen LogP contribution in [-0.2, 0) is 4.74 Å². The summed E-state index contributed by atoms with van der Waals surface area (Å²) in [7, 11) is 0. The van der Waals surface area contributed by atoms with E-state index < -0.39 is 0 Å². The van der Waals surface area contributed by atoms with E-state index in [1.807, 2.05) is 11.3 Å². The van der Waals surface area contributed by atoms with Crippen LogP contribution in [0.1, 0.15) is 56.6 Å². The van der Waals surface area contributed by atoms with Crippen LogP contribution in [0.25, 0.3) is 0 Å². The van der Waals surface area contributed by atoms with E-state index >= 15 is 0 Å². The molecule has 1 fully saturated rings. The Morgan fingerprint density at radius 2 is 2.29 bits per heavy atom. The van der Waals surface area contributed by atoms with E-state index in [4.69, 9.17) is 9.72 Å². The molecule has 2 unspecified atom stereocenters. The molecule has 0 bridgehead atoms. The van der Waals surface area contributed by atoms with Gasteiger partial charge in [0.05, 0.1) is 11.8 Å². The summed E-state index contributed by atoms with van der Waals surface area (Å²) in [4.78, 5) is 8.57. The second kappa shape index (κ2) is 8.11. The number of thiazole rings is 1. The Morgan fingerprint density at radius 1 is 1.48 bits per heavy atom. The Morgan fingerprint density at radius 3 is 3.00 bits per heavy atom. The van der Waals surface area contributed by atoms with Gasteiger partial charge in [0.15, 0.2) is 5.13 Å². The third kappa shape index (κ3) is 4.41. The van der Waals surface area contributed by atoms with E-state index in [9.17, 15) is 0 Å². The van der Waals surface area contributed by atoms with Crippen molar-refractivity contribution >= 4 is 16.5 Å². The first-order valence-corrected chi connectivity index (χ1v) is 9.04. The molecule has 2 heterocycles. The van der Waals surface area contributed by atoms with Crippen LogP contribution in [0, 0.1) is 6.92 Å². The van der Waals surface area contributed by atoms with Crippen molar-refractivity contribution in [3.8, 4) is 0 Å². The van der Waals surface area contributed by atoms with E-state index in [-0.39, 0.29) is 0 Å². The minimum Gasteiger partial charge on any atom is -0.376 e. The van der Waals surface area contributed by atoms with Gasteiger partial charge in [-0.25, -0.2) is 4.98 Å². The highest BCUT2D eigenvalue weighted by Gasteiger charge is 2.24. The normalized spacial score (nSPS) is 20.8. The summed E-state index contributed by atoms with van der Waals surface area (Å²) in [5.74, 6) is 0. The minimum atomic E-state index is 0.373. The average Bonchev–Trinajstić information content (AvgIpc) is 2.88. The van der Waals surface area contributed by atoms with Crippen molar-refractivity contribution in [1.29, 1.82) is 0 Å². The lowest BCUT2D eigenvalue weighted by molar-refractivity contribution is 0.0440. The van der Waals surface area contributed by atoms with E-state index in [1.54, 1.807) is 0 Å². The molecule has 120 valence electrons. The predicted molar refractivity (Wildman–Crippen MR) is 90.4 cm³/mol. The van der Waals surface area contributed by atoms with Gasteiger partial charge in [0.1, 0.15) is 0 Å². The molecule has 0 aromatic carbocycles. The first kappa shape index (κ1) is 16.7. The number of anilines is 1. The Kier molecular flexibility index (Phi) is 6.45. The number of aromatic nitrogens is 1. The van der Waals surface area contributed by atoms with Crippen molar-refractivity contribution < 1.29 is 4.74 Å². The van der Waals surface area contributed by atoms with Crippen LogP contribution in [0.15, 0.2) is 0 Å². The Bertz CT molecular complexity index is 435. The number of aryl methyl sites for hydroxylation is 1. The van der Waals surface area contributed by atoms with E-state index in [1.165, 1.54) is 23.4 Å².